The lowest BCUT2D eigenvalue weighted by atomic mass is 9.98. The lowest BCUT2D eigenvalue weighted by Crippen LogP contribution is -2.50. The summed E-state index contributed by atoms with van der Waals surface area (Å²) in [4.78, 5) is 0. The van der Waals surface area contributed by atoms with Gasteiger partial charge in [0.1, 0.15) is 0 Å². The van der Waals surface area contributed by atoms with Crippen LogP contribution in [0, 0.1) is 23.3 Å². The van der Waals surface area contributed by atoms with Gasteiger partial charge >= 0.3 is 0 Å². The Kier molecular flexibility index (Phi) is 5.98. The number of aliphatic hydroxyl groups excluding tert-OH is 1. The molecule has 21 heavy (non-hydrogen) atoms. The minimum atomic E-state index is -1.57. The molecular weight excluding hydrogens is 290 g/mol. The first kappa shape index (κ1) is 17.7. The van der Waals surface area contributed by atoms with Crippen molar-refractivity contribution in [3.63, 3.8) is 0 Å². The van der Waals surface area contributed by atoms with E-state index in [0.29, 0.717) is 0 Å². The van der Waals surface area contributed by atoms with Crippen molar-refractivity contribution >= 4 is 0 Å². The molecule has 0 spiro atoms. The van der Waals surface area contributed by atoms with Gasteiger partial charge < -0.3 is 15.2 Å². The van der Waals surface area contributed by atoms with Crippen LogP contribution in [0.1, 0.15) is 27.2 Å². The Labute approximate surface area is 120 Å². The van der Waals surface area contributed by atoms with E-state index in [-0.39, 0.29) is 31.7 Å². The van der Waals surface area contributed by atoms with E-state index < -0.39 is 34.6 Å². The SMILES string of the molecule is CC(C)NC(C)(CO)CCOc1c(F)c(F)cc(F)c1F. The molecule has 1 aromatic carbocycles. The van der Waals surface area contributed by atoms with Gasteiger partial charge in [-0.05, 0) is 6.92 Å². The van der Waals surface area contributed by atoms with Crippen molar-refractivity contribution < 1.29 is 27.4 Å². The van der Waals surface area contributed by atoms with Crippen LogP contribution in [0.4, 0.5) is 17.6 Å². The molecule has 0 aliphatic rings. The van der Waals surface area contributed by atoms with Crippen LogP contribution in [0.25, 0.3) is 0 Å². The molecule has 0 fully saturated rings. The Bertz CT molecular complexity index is 470. The molecule has 1 unspecified atom stereocenters. The van der Waals surface area contributed by atoms with E-state index in [1.807, 2.05) is 13.8 Å². The maximum atomic E-state index is 13.4. The molecule has 2 N–H and O–H groups in total. The second-order valence-electron chi connectivity index (χ2n) is 5.41. The third-order valence-electron chi connectivity index (χ3n) is 2.96. The number of benzene rings is 1. The maximum absolute atomic E-state index is 13.4. The van der Waals surface area contributed by atoms with Gasteiger partial charge in [0.15, 0.2) is 17.4 Å². The van der Waals surface area contributed by atoms with Crippen LogP contribution in [0.3, 0.4) is 0 Å². The number of hydrogen-bond acceptors (Lipinski definition) is 3. The Morgan fingerprint density at radius 1 is 1.19 bits per heavy atom. The summed E-state index contributed by atoms with van der Waals surface area (Å²) in [5.41, 5.74) is -0.729. The topological polar surface area (TPSA) is 41.5 Å². The van der Waals surface area contributed by atoms with E-state index in [1.54, 1.807) is 6.92 Å². The summed E-state index contributed by atoms with van der Waals surface area (Å²) in [7, 11) is 0. The lowest BCUT2D eigenvalue weighted by molar-refractivity contribution is 0.133. The van der Waals surface area contributed by atoms with Gasteiger partial charge in [-0.1, -0.05) is 13.8 Å². The molecular formula is C14H19F4NO2. The third kappa shape index (κ3) is 4.57. The fourth-order valence-corrected chi connectivity index (χ4v) is 1.95. The zero-order chi connectivity index (χ0) is 16.2. The van der Waals surface area contributed by atoms with Crippen LogP contribution in [0.5, 0.6) is 5.75 Å². The van der Waals surface area contributed by atoms with Crippen molar-refractivity contribution in [3.05, 3.63) is 29.3 Å². The van der Waals surface area contributed by atoms with Crippen LogP contribution < -0.4 is 10.1 Å². The maximum Gasteiger partial charge on any atom is 0.203 e. The number of halogens is 4. The Morgan fingerprint density at radius 2 is 1.71 bits per heavy atom. The van der Waals surface area contributed by atoms with Crippen molar-refractivity contribution in [2.24, 2.45) is 0 Å². The molecule has 1 rings (SSSR count). The Balaban J connectivity index is 2.76. The summed E-state index contributed by atoms with van der Waals surface area (Å²) in [5, 5.41) is 12.4. The average Bonchev–Trinajstić information content (AvgIpc) is 2.39. The molecule has 0 radical (unpaired) electrons. The molecule has 0 aliphatic carbocycles. The quantitative estimate of drug-likeness (QED) is 0.601. The second-order valence-corrected chi connectivity index (χ2v) is 5.41. The highest BCUT2D eigenvalue weighted by Crippen LogP contribution is 2.27. The average molecular weight is 309 g/mol. The van der Waals surface area contributed by atoms with E-state index in [0.717, 1.165) is 0 Å². The molecule has 1 aromatic rings. The molecule has 0 saturated heterocycles. The smallest absolute Gasteiger partial charge is 0.203 e. The molecule has 3 nitrogen and oxygen atoms in total. The minimum Gasteiger partial charge on any atom is -0.487 e. The van der Waals surface area contributed by atoms with E-state index in [1.165, 1.54) is 0 Å². The molecule has 0 bridgehead atoms. The number of hydrogen-bond donors (Lipinski definition) is 2. The van der Waals surface area contributed by atoms with Gasteiger partial charge in [0.2, 0.25) is 11.6 Å². The number of rotatable bonds is 7. The third-order valence-corrected chi connectivity index (χ3v) is 2.96. The van der Waals surface area contributed by atoms with E-state index >= 15 is 0 Å². The monoisotopic (exact) mass is 309 g/mol. The van der Waals surface area contributed by atoms with Gasteiger partial charge in [-0.15, -0.1) is 0 Å². The van der Waals surface area contributed by atoms with Crippen molar-refractivity contribution in [3.8, 4) is 5.75 Å². The Morgan fingerprint density at radius 3 is 2.14 bits per heavy atom. The molecule has 0 aromatic heterocycles. The van der Waals surface area contributed by atoms with E-state index in [9.17, 15) is 22.7 Å². The van der Waals surface area contributed by atoms with Gasteiger partial charge in [-0.25, -0.2) is 8.78 Å². The highest BCUT2D eigenvalue weighted by molar-refractivity contribution is 5.28. The molecule has 7 heteroatoms. The fraction of sp³-hybridized carbons (Fsp3) is 0.571. The van der Waals surface area contributed by atoms with Crippen LogP contribution in [0.15, 0.2) is 6.07 Å². The Hall–Kier alpha value is -1.34. The largest absolute Gasteiger partial charge is 0.487 e. The highest BCUT2D eigenvalue weighted by Gasteiger charge is 2.25. The van der Waals surface area contributed by atoms with Crippen molar-refractivity contribution in [1.82, 2.24) is 5.32 Å². The van der Waals surface area contributed by atoms with Crippen molar-refractivity contribution in [2.75, 3.05) is 13.2 Å². The van der Waals surface area contributed by atoms with Gasteiger partial charge in [0, 0.05) is 24.1 Å². The fourth-order valence-electron chi connectivity index (χ4n) is 1.95. The van der Waals surface area contributed by atoms with Crippen LogP contribution >= 0.6 is 0 Å². The molecule has 0 heterocycles. The zero-order valence-electron chi connectivity index (χ0n) is 12.1. The number of nitrogens with one attached hydrogen (secondary N) is 1. The first-order valence-corrected chi connectivity index (χ1v) is 6.54. The highest BCUT2D eigenvalue weighted by atomic mass is 19.2. The summed E-state index contributed by atoms with van der Waals surface area (Å²) in [6.07, 6.45) is 0.193. The lowest BCUT2D eigenvalue weighted by Gasteiger charge is -2.31. The zero-order valence-corrected chi connectivity index (χ0v) is 12.1. The molecule has 0 aliphatic heterocycles. The molecule has 120 valence electrons. The predicted molar refractivity (Wildman–Crippen MR) is 70.1 cm³/mol. The molecule has 0 saturated carbocycles. The molecule has 1 atom stereocenters. The van der Waals surface area contributed by atoms with Crippen molar-refractivity contribution in [2.45, 2.75) is 38.8 Å². The summed E-state index contributed by atoms with van der Waals surface area (Å²) in [6.45, 7) is 5.01. The van der Waals surface area contributed by atoms with Gasteiger partial charge in [-0.3, -0.25) is 0 Å². The minimum absolute atomic E-state index is 0.0715. The van der Waals surface area contributed by atoms with Crippen LogP contribution in [-0.2, 0) is 0 Å². The normalized spacial score (nSPS) is 14.3. The van der Waals surface area contributed by atoms with Crippen LogP contribution in [0.2, 0.25) is 0 Å². The van der Waals surface area contributed by atoms with E-state index in [4.69, 9.17) is 4.74 Å². The summed E-state index contributed by atoms with van der Waals surface area (Å²) < 4.78 is 57.6. The summed E-state index contributed by atoms with van der Waals surface area (Å²) >= 11 is 0. The summed E-state index contributed by atoms with van der Waals surface area (Å²) in [6, 6.07) is 0.192. The van der Waals surface area contributed by atoms with Crippen LogP contribution in [-0.4, -0.2) is 29.9 Å². The first-order valence-electron chi connectivity index (χ1n) is 6.54. The van der Waals surface area contributed by atoms with Crippen molar-refractivity contribution in [1.29, 1.82) is 0 Å². The number of ether oxygens (including phenoxy) is 1. The second kappa shape index (κ2) is 7.09. The van der Waals surface area contributed by atoms with Gasteiger partial charge in [0.05, 0.1) is 13.2 Å². The number of aliphatic hydroxyl groups is 1. The molecule has 0 amide bonds. The van der Waals surface area contributed by atoms with Gasteiger partial charge in [0.25, 0.3) is 0 Å². The summed E-state index contributed by atoms with van der Waals surface area (Å²) in [5.74, 6) is -7.27. The van der Waals surface area contributed by atoms with Gasteiger partial charge in [-0.2, -0.15) is 8.78 Å². The first-order chi connectivity index (χ1) is 9.70. The standard InChI is InChI=1S/C14H19F4NO2/c1-8(2)19-14(3,7-20)4-5-21-13-11(17)9(15)6-10(16)12(13)18/h6,8,19-20H,4-5,7H2,1-3H3. The predicted octanol–water partition coefficient (Wildman–Crippen LogP) is 2.76. The van der Waals surface area contributed by atoms with E-state index in [2.05, 4.69) is 5.32 Å².